The number of thioether (sulfide) groups is 1. The predicted molar refractivity (Wildman–Crippen MR) is 101 cm³/mol. The number of carbonyl (C=O) groups is 2. The van der Waals surface area contributed by atoms with Crippen molar-refractivity contribution in [3.05, 3.63) is 34.6 Å². The number of rotatable bonds is 7. The van der Waals surface area contributed by atoms with Crippen molar-refractivity contribution in [3.8, 4) is 0 Å². The lowest BCUT2D eigenvalue weighted by molar-refractivity contribution is -0.141. The lowest BCUT2D eigenvalue weighted by Crippen LogP contribution is -2.34. The third-order valence-electron chi connectivity index (χ3n) is 3.68. The Labute approximate surface area is 156 Å². The van der Waals surface area contributed by atoms with Gasteiger partial charge < -0.3 is 10.1 Å². The normalized spacial score (nSPS) is 12.2. The van der Waals surface area contributed by atoms with Gasteiger partial charge >= 0.3 is 5.97 Å². The number of para-hydroxylation sites is 1. The molecule has 0 unspecified atom stereocenters. The predicted octanol–water partition coefficient (Wildman–Crippen LogP) is 1.82. The zero-order valence-corrected chi connectivity index (χ0v) is 16.1. The molecule has 1 aromatic heterocycles. The van der Waals surface area contributed by atoms with E-state index < -0.39 is 11.2 Å². The van der Waals surface area contributed by atoms with Gasteiger partial charge in [-0.05, 0) is 25.0 Å². The van der Waals surface area contributed by atoms with E-state index in [1.54, 1.807) is 31.2 Å². The number of aromatic nitrogens is 2. The van der Waals surface area contributed by atoms with Crippen molar-refractivity contribution in [1.29, 1.82) is 0 Å². The molecule has 26 heavy (non-hydrogen) atoms. The van der Waals surface area contributed by atoms with E-state index in [0.717, 1.165) is 11.8 Å². The van der Waals surface area contributed by atoms with E-state index in [2.05, 4.69) is 15.0 Å². The number of benzene rings is 1. The molecule has 0 saturated heterocycles. The van der Waals surface area contributed by atoms with Gasteiger partial charge in [-0.15, -0.1) is 0 Å². The molecular weight excluding hydrogens is 354 g/mol. The Bertz CT molecular complexity index is 863. The zero-order chi connectivity index (χ0) is 19.3. The molecule has 1 N–H and O–H groups in total. The first-order valence-electron chi connectivity index (χ1n) is 8.34. The largest absolute Gasteiger partial charge is 0.468 e. The number of carbonyl (C=O) groups excluding carboxylic acids is 2. The number of fused-ring (bicyclic) bond motifs is 1. The van der Waals surface area contributed by atoms with Crippen LogP contribution in [0.25, 0.3) is 10.9 Å². The van der Waals surface area contributed by atoms with Gasteiger partial charge in [0.2, 0.25) is 5.91 Å². The first-order chi connectivity index (χ1) is 12.3. The molecule has 1 amide bonds. The summed E-state index contributed by atoms with van der Waals surface area (Å²) in [5.74, 6) is -0.355. The topological polar surface area (TPSA) is 90.3 Å². The summed E-state index contributed by atoms with van der Waals surface area (Å²) in [5.41, 5.74) is 0.189. The van der Waals surface area contributed by atoms with Crippen LogP contribution in [0.15, 0.2) is 34.2 Å². The number of hydrogen-bond donors (Lipinski definition) is 1. The first-order valence-corrected chi connectivity index (χ1v) is 9.22. The number of hydrogen-bond acceptors (Lipinski definition) is 6. The van der Waals surface area contributed by atoms with Crippen LogP contribution in [0, 0.1) is 5.92 Å². The highest BCUT2D eigenvalue weighted by Gasteiger charge is 2.20. The monoisotopic (exact) mass is 377 g/mol. The molecule has 0 aliphatic rings. The van der Waals surface area contributed by atoms with E-state index in [4.69, 9.17) is 0 Å². The second-order valence-electron chi connectivity index (χ2n) is 6.28. The number of nitrogens with one attached hydrogen (secondary N) is 1. The molecule has 0 bridgehead atoms. The van der Waals surface area contributed by atoms with Gasteiger partial charge in [0.15, 0.2) is 5.16 Å². The minimum Gasteiger partial charge on any atom is -0.468 e. The number of amides is 1. The Hall–Kier alpha value is -2.35. The van der Waals surface area contributed by atoms with Gasteiger partial charge in [-0.2, -0.15) is 0 Å². The summed E-state index contributed by atoms with van der Waals surface area (Å²) in [4.78, 5) is 41.2. The zero-order valence-electron chi connectivity index (χ0n) is 15.3. The van der Waals surface area contributed by atoms with E-state index in [0.29, 0.717) is 28.5 Å². The highest BCUT2D eigenvalue weighted by Crippen LogP contribution is 2.22. The molecule has 2 aromatic rings. The van der Waals surface area contributed by atoms with E-state index in [1.165, 1.54) is 11.7 Å². The Morgan fingerprint density at radius 3 is 2.62 bits per heavy atom. The minimum absolute atomic E-state index is 0.143. The molecule has 8 heteroatoms. The summed E-state index contributed by atoms with van der Waals surface area (Å²) in [6, 6.07) is 6.91. The van der Waals surface area contributed by atoms with Crippen LogP contribution in [0.3, 0.4) is 0 Å². The van der Waals surface area contributed by atoms with Crippen molar-refractivity contribution in [2.45, 2.75) is 37.7 Å². The number of methoxy groups -OCH3 is 1. The van der Waals surface area contributed by atoms with Crippen LogP contribution < -0.4 is 10.9 Å². The summed E-state index contributed by atoms with van der Waals surface area (Å²) in [6.07, 6.45) is 0. The average molecular weight is 377 g/mol. The van der Waals surface area contributed by atoms with Crippen LogP contribution in [-0.2, 0) is 20.9 Å². The second-order valence-corrected chi connectivity index (χ2v) is 7.59. The minimum atomic E-state index is -0.553. The van der Waals surface area contributed by atoms with Crippen LogP contribution in [0.2, 0.25) is 0 Å². The molecule has 1 aromatic carbocycles. The molecule has 1 atom stereocenters. The van der Waals surface area contributed by atoms with Crippen LogP contribution in [-0.4, -0.2) is 40.3 Å². The van der Waals surface area contributed by atoms with Gasteiger partial charge in [-0.1, -0.05) is 37.7 Å². The van der Waals surface area contributed by atoms with Crippen molar-refractivity contribution in [1.82, 2.24) is 14.9 Å². The quantitative estimate of drug-likeness (QED) is 0.450. The van der Waals surface area contributed by atoms with Gasteiger partial charge in [0.1, 0.15) is 6.54 Å². The van der Waals surface area contributed by atoms with Crippen molar-refractivity contribution in [2.75, 3.05) is 13.7 Å². The fraction of sp³-hybridized carbons (Fsp3) is 0.444. The maximum atomic E-state index is 12.8. The smallest absolute Gasteiger partial charge is 0.325 e. The van der Waals surface area contributed by atoms with Crippen molar-refractivity contribution < 1.29 is 14.3 Å². The van der Waals surface area contributed by atoms with Crippen LogP contribution in [0.1, 0.15) is 20.8 Å². The molecule has 0 aliphatic heterocycles. The molecule has 2 rings (SSSR count). The SMILES string of the molecule is COC(=O)Cn1c(S[C@@H](C)C(=O)NCC(C)C)nc2ccccc2c1=O. The van der Waals surface area contributed by atoms with Crippen LogP contribution in [0.4, 0.5) is 0 Å². The van der Waals surface area contributed by atoms with E-state index in [1.807, 2.05) is 13.8 Å². The molecular formula is C18H23N3O4S. The third kappa shape index (κ3) is 4.85. The Balaban J connectivity index is 2.37. The van der Waals surface area contributed by atoms with Crippen molar-refractivity contribution >= 4 is 34.5 Å². The molecule has 0 radical (unpaired) electrons. The van der Waals surface area contributed by atoms with E-state index in [-0.39, 0.29) is 18.0 Å². The number of ether oxygens (including phenoxy) is 1. The fourth-order valence-electron chi connectivity index (χ4n) is 2.23. The van der Waals surface area contributed by atoms with Gasteiger partial charge in [-0.3, -0.25) is 19.0 Å². The van der Waals surface area contributed by atoms with E-state index in [9.17, 15) is 14.4 Å². The standard InChI is InChI=1S/C18H23N3O4S/c1-11(2)9-19-16(23)12(3)26-18-20-14-8-6-5-7-13(14)17(24)21(18)10-15(22)25-4/h5-8,11-12H,9-10H2,1-4H3,(H,19,23)/t12-/m0/s1. The lowest BCUT2D eigenvalue weighted by Gasteiger charge is -2.16. The van der Waals surface area contributed by atoms with Crippen LogP contribution >= 0.6 is 11.8 Å². The van der Waals surface area contributed by atoms with Gasteiger partial charge in [0, 0.05) is 6.54 Å². The lowest BCUT2D eigenvalue weighted by atomic mass is 10.2. The number of nitrogens with zero attached hydrogens (tertiary/aromatic N) is 2. The molecule has 1 heterocycles. The van der Waals surface area contributed by atoms with Crippen molar-refractivity contribution in [2.24, 2.45) is 5.92 Å². The Morgan fingerprint density at radius 1 is 1.27 bits per heavy atom. The number of esters is 1. The highest BCUT2D eigenvalue weighted by atomic mass is 32.2. The maximum Gasteiger partial charge on any atom is 0.325 e. The van der Waals surface area contributed by atoms with Gasteiger partial charge in [0.25, 0.3) is 5.56 Å². The third-order valence-corrected chi connectivity index (χ3v) is 4.77. The summed E-state index contributed by atoms with van der Waals surface area (Å²) in [6.45, 7) is 6.08. The van der Waals surface area contributed by atoms with E-state index >= 15 is 0 Å². The second kappa shape index (κ2) is 8.84. The maximum absolute atomic E-state index is 12.8. The molecule has 7 nitrogen and oxygen atoms in total. The Morgan fingerprint density at radius 2 is 1.96 bits per heavy atom. The summed E-state index contributed by atoms with van der Waals surface area (Å²) in [5, 5.41) is 3.12. The molecule has 0 fully saturated rings. The van der Waals surface area contributed by atoms with Gasteiger partial charge in [-0.25, -0.2) is 4.98 Å². The summed E-state index contributed by atoms with van der Waals surface area (Å²) >= 11 is 1.14. The summed E-state index contributed by atoms with van der Waals surface area (Å²) < 4.78 is 5.93. The Kier molecular flexibility index (Phi) is 6.79. The average Bonchev–Trinajstić information content (AvgIpc) is 2.62. The highest BCUT2D eigenvalue weighted by molar-refractivity contribution is 8.00. The van der Waals surface area contributed by atoms with Crippen molar-refractivity contribution in [3.63, 3.8) is 0 Å². The fourth-order valence-corrected chi connectivity index (χ4v) is 3.16. The molecule has 0 saturated carbocycles. The molecule has 0 aliphatic carbocycles. The molecule has 0 spiro atoms. The van der Waals surface area contributed by atoms with Gasteiger partial charge in [0.05, 0.1) is 23.3 Å². The molecule has 140 valence electrons. The van der Waals surface area contributed by atoms with Crippen LogP contribution in [0.5, 0.6) is 0 Å². The first kappa shape index (κ1) is 20.0. The summed E-state index contributed by atoms with van der Waals surface area (Å²) in [7, 11) is 1.26.